The Morgan fingerprint density at radius 3 is 2.76 bits per heavy atom. The molecular formula is C16H15N3O5S. The molecule has 0 saturated heterocycles. The van der Waals surface area contributed by atoms with Gasteiger partial charge in [0.05, 0.1) is 16.9 Å². The fourth-order valence-electron chi connectivity index (χ4n) is 2.81. The van der Waals surface area contributed by atoms with Crippen molar-refractivity contribution in [1.29, 1.82) is 0 Å². The van der Waals surface area contributed by atoms with Gasteiger partial charge < -0.3 is 10.4 Å². The molecule has 2 aromatic rings. The number of aliphatic carboxylic acids is 1. The summed E-state index contributed by atoms with van der Waals surface area (Å²) in [5.74, 6) is -1.37. The van der Waals surface area contributed by atoms with Crippen LogP contribution >= 0.6 is 11.3 Å². The van der Waals surface area contributed by atoms with E-state index < -0.39 is 22.3 Å². The van der Waals surface area contributed by atoms with Crippen molar-refractivity contribution in [3.63, 3.8) is 0 Å². The highest BCUT2D eigenvalue weighted by atomic mass is 32.1. The minimum absolute atomic E-state index is 0.0476. The number of carbonyl (C=O) groups is 2. The second kappa shape index (κ2) is 6.60. The molecule has 1 aromatic heterocycles. The molecule has 9 heteroatoms. The van der Waals surface area contributed by atoms with Crippen molar-refractivity contribution in [2.75, 3.05) is 0 Å². The second-order valence-corrected chi connectivity index (χ2v) is 6.86. The highest BCUT2D eigenvalue weighted by molar-refractivity contribution is 7.13. The quantitative estimate of drug-likeness (QED) is 0.602. The number of nitro benzene ring substituents is 1. The number of aromatic nitrogens is 1. The van der Waals surface area contributed by atoms with Gasteiger partial charge in [-0.1, -0.05) is 12.1 Å². The number of nitrogens with zero attached hydrogens (tertiary/aromatic N) is 2. The molecule has 1 heterocycles. The number of hydrogen-bond acceptors (Lipinski definition) is 6. The van der Waals surface area contributed by atoms with Crippen molar-refractivity contribution < 1.29 is 19.6 Å². The Bertz CT molecular complexity index is 844. The maximum atomic E-state index is 12.4. The third kappa shape index (κ3) is 3.66. The molecule has 1 fully saturated rings. The molecular weight excluding hydrogens is 346 g/mol. The molecule has 2 N–H and O–H groups in total. The maximum absolute atomic E-state index is 12.4. The van der Waals surface area contributed by atoms with Crippen molar-refractivity contribution in [3.05, 3.63) is 45.5 Å². The van der Waals surface area contributed by atoms with E-state index in [1.807, 2.05) is 0 Å². The number of non-ortho nitro benzene ring substituents is 1. The van der Waals surface area contributed by atoms with Gasteiger partial charge in [-0.3, -0.25) is 19.7 Å². The number of carbonyl (C=O) groups excluding carboxylic acids is 1. The Kier molecular flexibility index (Phi) is 4.49. The zero-order valence-corrected chi connectivity index (χ0v) is 13.9. The van der Waals surface area contributed by atoms with Crippen LogP contribution in [0.5, 0.6) is 0 Å². The summed E-state index contributed by atoms with van der Waals surface area (Å²) in [6, 6.07) is 6.03. The lowest BCUT2D eigenvalue weighted by atomic mass is 9.74. The molecule has 0 spiro atoms. The van der Waals surface area contributed by atoms with E-state index in [0.717, 1.165) is 6.42 Å². The lowest BCUT2D eigenvalue weighted by Gasteiger charge is -2.41. The van der Waals surface area contributed by atoms with Gasteiger partial charge in [-0.2, -0.15) is 0 Å². The fraction of sp³-hybridized carbons (Fsp3) is 0.312. The smallest absolute Gasteiger partial charge is 0.305 e. The molecule has 130 valence electrons. The van der Waals surface area contributed by atoms with E-state index in [2.05, 4.69) is 10.3 Å². The SMILES string of the molecule is O=C(O)CC1(NC(=O)c2csc(-c3cccc([N+](=O)[O-])c3)n2)CCC1. The van der Waals surface area contributed by atoms with Gasteiger partial charge in [0.2, 0.25) is 0 Å². The Labute approximate surface area is 146 Å². The summed E-state index contributed by atoms with van der Waals surface area (Å²) < 4.78 is 0. The number of hydrogen-bond donors (Lipinski definition) is 2. The lowest BCUT2D eigenvalue weighted by molar-refractivity contribution is -0.384. The summed E-state index contributed by atoms with van der Waals surface area (Å²) in [6.45, 7) is 0. The van der Waals surface area contributed by atoms with Crippen molar-refractivity contribution >= 4 is 28.9 Å². The maximum Gasteiger partial charge on any atom is 0.305 e. The zero-order valence-electron chi connectivity index (χ0n) is 13.1. The Hall–Kier alpha value is -2.81. The minimum atomic E-state index is -0.949. The van der Waals surface area contributed by atoms with E-state index in [1.54, 1.807) is 17.5 Å². The van der Waals surface area contributed by atoms with E-state index in [9.17, 15) is 19.7 Å². The van der Waals surface area contributed by atoms with Crippen LogP contribution < -0.4 is 5.32 Å². The van der Waals surface area contributed by atoms with E-state index in [4.69, 9.17) is 5.11 Å². The summed E-state index contributed by atoms with van der Waals surface area (Å²) in [5.41, 5.74) is -0.00278. The van der Waals surface area contributed by atoms with Crippen molar-refractivity contribution in [2.24, 2.45) is 0 Å². The van der Waals surface area contributed by atoms with Gasteiger partial charge in [-0.05, 0) is 19.3 Å². The van der Waals surface area contributed by atoms with Crippen LogP contribution in [0.1, 0.15) is 36.2 Å². The van der Waals surface area contributed by atoms with Gasteiger partial charge in [-0.25, -0.2) is 4.98 Å². The van der Waals surface area contributed by atoms with Crippen molar-refractivity contribution in [3.8, 4) is 10.6 Å². The second-order valence-electron chi connectivity index (χ2n) is 6.00. The van der Waals surface area contributed by atoms with Crippen LogP contribution in [0.3, 0.4) is 0 Å². The van der Waals surface area contributed by atoms with E-state index >= 15 is 0 Å². The highest BCUT2D eigenvalue weighted by Gasteiger charge is 2.40. The number of carboxylic acids is 1. The number of amides is 1. The topological polar surface area (TPSA) is 122 Å². The third-order valence-electron chi connectivity index (χ3n) is 4.22. The van der Waals surface area contributed by atoms with Gasteiger partial charge in [-0.15, -0.1) is 11.3 Å². The van der Waals surface area contributed by atoms with Gasteiger partial charge in [0.15, 0.2) is 0 Å². The number of nitro groups is 1. The first kappa shape index (κ1) is 17.0. The standard InChI is InChI=1S/C16H15N3O5S/c20-13(21)8-16(5-2-6-16)18-14(22)12-9-25-15(17-12)10-3-1-4-11(7-10)19(23)24/h1,3-4,7,9H,2,5-6,8H2,(H,18,22)(H,20,21). The van der Waals surface area contributed by atoms with Gasteiger partial charge in [0, 0.05) is 23.1 Å². The zero-order chi connectivity index (χ0) is 18.0. The van der Waals surface area contributed by atoms with Gasteiger partial charge >= 0.3 is 5.97 Å². The van der Waals surface area contributed by atoms with Crippen molar-refractivity contribution in [1.82, 2.24) is 10.3 Å². The monoisotopic (exact) mass is 361 g/mol. The van der Waals surface area contributed by atoms with Crippen LogP contribution in [0.4, 0.5) is 5.69 Å². The highest BCUT2D eigenvalue weighted by Crippen LogP contribution is 2.35. The molecule has 1 amide bonds. The summed E-state index contributed by atoms with van der Waals surface area (Å²) in [7, 11) is 0. The van der Waals surface area contributed by atoms with Crippen molar-refractivity contribution in [2.45, 2.75) is 31.2 Å². The van der Waals surface area contributed by atoms with Crippen LogP contribution in [0.2, 0.25) is 0 Å². The average molecular weight is 361 g/mol. The molecule has 0 atom stereocenters. The van der Waals surface area contributed by atoms with Crippen LogP contribution in [0.25, 0.3) is 10.6 Å². The summed E-state index contributed by atoms with van der Waals surface area (Å²) in [5, 5.41) is 24.7. The lowest BCUT2D eigenvalue weighted by Crippen LogP contribution is -2.54. The number of nitrogens with one attached hydrogen (secondary N) is 1. The molecule has 3 rings (SSSR count). The van der Waals surface area contributed by atoms with E-state index in [-0.39, 0.29) is 17.8 Å². The summed E-state index contributed by atoms with van der Waals surface area (Å²) in [6.07, 6.45) is 2.03. The molecule has 0 unspecified atom stereocenters. The Morgan fingerprint density at radius 1 is 1.40 bits per heavy atom. The van der Waals surface area contributed by atoms with Crippen LogP contribution in [-0.4, -0.2) is 32.4 Å². The first-order valence-corrected chi connectivity index (χ1v) is 8.51. The van der Waals surface area contributed by atoms with Crippen LogP contribution in [0, 0.1) is 10.1 Å². The number of rotatable bonds is 6. The first-order valence-electron chi connectivity index (χ1n) is 7.63. The molecule has 0 aliphatic heterocycles. The Balaban J connectivity index is 1.77. The molecule has 1 saturated carbocycles. The molecule has 0 radical (unpaired) electrons. The molecule has 25 heavy (non-hydrogen) atoms. The minimum Gasteiger partial charge on any atom is -0.481 e. The van der Waals surface area contributed by atoms with E-state index in [1.165, 1.54) is 23.5 Å². The normalized spacial score (nSPS) is 15.2. The average Bonchev–Trinajstić information content (AvgIpc) is 3.02. The number of carboxylic acid groups (broad SMARTS) is 1. The molecule has 8 nitrogen and oxygen atoms in total. The molecule has 1 aromatic carbocycles. The Morgan fingerprint density at radius 2 is 2.16 bits per heavy atom. The summed E-state index contributed by atoms with van der Waals surface area (Å²) >= 11 is 1.21. The fourth-order valence-corrected chi connectivity index (χ4v) is 3.60. The number of thiazole rings is 1. The molecule has 1 aliphatic rings. The number of benzene rings is 1. The largest absolute Gasteiger partial charge is 0.481 e. The molecule has 0 bridgehead atoms. The molecule has 1 aliphatic carbocycles. The van der Waals surface area contributed by atoms with Gasteiger partial charge in [0.25, 0.3) is 11.6 Å². The first-order chi connectivity index (χ1) is 11.9. The summed E-state index contributed by atoms with van der Waals surface area (Å²) in [4.78, 5) is 38.0. The predicted octanol–water partition coefficient (Wildman–Crippen LogP) is 2.85. The third-order valence-corrected chi connectivity index (χ3v) is 5.11. The van der Waals surface area contributed by atoms with Crippen LogP contribution in [-0.2, 0) is 4.79 Å². The van der Waals surface area contributed by atoms with E-state index in [0.29, 0.717) is 23.4 Å². The van der Waals surface area contributed by atoms with Gasteiger partial charge in [0.1, 0.15) is 10.7 Å². The predicted molar refractivity (Wildman–Crippen MR) is 90.5 cm³/mol. The van der Waals surface area contributed by atoms with Crippen LogP contribution in [0.15, 0.2) is 29.6 Å².